The Balaban J connectivity index is 1.85. The third-order valence-electron chi connectivity index (χ3n) is 3.75. The van der Waals surface area contributed by atoms with Gasteiger partial charge in [0.15, 0.2) is 5.76 Å². The van der Waals surface area contributed by atoms with Gasteiger partial charge >= 0.3 is 0 Å². The summed E-state index contributed by atoms with van der Waals surface area (Å²) in [5.41, 5.74) is 0. The van der Waals surface area contributed by atoms with E-state index in [9.17, 15) is 4.79 Å². The van der Waals surface area contributed by atoms with Crippen molar-refractivity contribution in [1.82, 2.24) is 5.32 Å². The third kappa shape index (κ3) is 3.29. The predicted molar refractivity (Wildman–Crippen MR) is 71.9 cm³/mol. The second kappa shape index (κ2) is 6.28. The van der Waals surface area contributed by atoms with E-state index < -0.39 is 0 Å². The average Bonchev–Trinajstić information content (AvgIpc) is 2.83. The second-order valence-electron chi connectivity index (χ2n) is 5.08. The summed E-state index contributed by atoms with van der Waals surface area (Å²) in [6.07, 6.45) is 4.85. The molecular formula is C14H20ClNO2. The van der Waals surface area contributed by atoms with Crippen molar-refractivity contribution in [1.29, 1.82) is 0 Å². The predicted octanol–water partition coefficient (Wildman–Crippen LogP) is 3.36. The lowest BCUT2D eigenvalue weighted by Gasteiger charge is -2.30. The number of furan rings is 1. The fourth-order valence-electron chi connectivity index (χ4n) is 2.62. The lowest BCUT2D eigenvalue weighted by molar-refractivity contribution is 0.0907. The number of aryl methyl sites for hydroxylation is 1. The third-order valence-corrected chi connectivity index (χ3v) is 4.15. The minimum atomic E-state index is -0.123. The summed E-state index contributed by atoms with van der Waals surface area (Å²) in [4.78, 5) is 11.9. The number of carbonyl (C=O) groups excluding carboxylic acids is 1. The van der Waals surface area contributed by atoms with Gasteiger partial charge in [0.2, 0.25) is 0 Å². The van der Waals surface area contributed by atoms with Crippen LogP contribution in [0.4, 0.5) is 0 Å². The number of hydrogen-bond donors (Lipinski definition) is 1. The van der Waals surface area contributed by atoms with E-state index in [2.05, 4.69) is 5.32 Å². The first kappa shape index (κ1) is 13.5. The zero-order valence-corrected chi connectivity index (χ0v) is 11.5. The monoisotopic (exact) mass is 269 g/mol. The Bertz CT molecular complexity index is 402. The van der Waals surface area contributed by atoms with Gasteiger partial charge in [-0.15, -0.1) is 11.6 Å². The molecule has 2 rings (SSSR count). The van der Waals surface area contributed by atoms with Crippen LogP contribution in [-0.2, 0) is 0 Å². The van der Waals surface area contributed by atoms with Crippen LogP contribution in [0.1, 0.15) is 42.0 Å². The number of amides is 1. The Hall–Kier alpha value is -0.960. The number of halogens is 1. The van der Waals surface area contributed by atoms with Crippen LogP contribution in [0.2, 0.25) is 0 Å². The maximum absolute atomic E-state index is 11.9. The molecule has 0 aromatic carbocycles. The molecule has 2 atom stereocenters. The number of rotatable bonds is 4. The summed E-state index contributed by atoms with van der Waals surface area (Å²) in [7, 11) is 0. The molecule has 100 valence electrons. The molecule has 0 aliphatic heterocycles. The SMILES string of the molecule is Cc1ccc(C(=O)NCC2CCCCC2CCl)o1. The molecule has 1 fully saturated rings. The van der Waals surface area contributed by atoms with Gasteiger partial charge in [-0.1, -0.05) is 12.8 Å². The van der Waals surface area contributed by atoms with Crippen molar-refractivity contribution in [3.8, 4) is 0 Å². The molecule has 1 aliphatic rings. The van der Waals surface area contributed by atoms with E-state index in [0.29, 0.717) is 30.0 Å². The maximum Gasteiger partial charge on any atom is 0.287 e. The van der Waals surface area contributed by atoms with Crippen LogP contribution in [0.5, 0.6) is 0 Å². The average molecular weight is 270 g/mol. The standard InChI is InChI=1S/C14H20ClNO2/c1-10-6-7-13(18-10)14(17)16-9-12-5-3-2-4-11(12)8-15/h6-7,11-12H,2-5,8-9H2,1H3,(H,16,17). The topological polar surface area (TPSA) is 42.2 Å². The van der Waals surface area contributed by atoms with Gasteiger partial charge < -0.3 is 9.73 Å². The summed E-state index contributed by atoms with van der Waals surface area (Å²) < 4.78 is 5.30. The Labute approximate surface area is 113 Å². The molecule has 3 nitrogen and oxygen atoms in total. The fourth-order valence-corrected chi connectivity index (χ4v) is 3.03. The highest BCUT2D eigenvalue weighted by atomic mass is 35.5. The van der Waals surface area contributed by atoms with Crippen molar-refractivity contribution in [3.05, 3.63) is 23.7 Å². The van der Waals surface area contributed by atoms with Gasteiger partial charge in [-0.05, 0) is 43.7 Å². The number of hydrogen-bond acceptors (Lipinski definition) is 2. The van der Waals surface area contributed by atoms with Gasteiger partial charge in [-0.2, -0.15) is 0 Å². The normalized spacial score (nSPS) is 23.9. The van der Waals surface area contributed by atoms with Gasteiger partial charge in [-0.3, -0.25) is 4.79 Å². The van der Waals surface area contributed by atoms with E-state index >= 15 is 0 Å². The van der Waals surface area contributed by atoms with Gasteiger partial charge in [0.05, 0.1) is 0 Å². The Morgan fingerprint density at radius 1 is 1.39 bits per heavy atom. The number of alkyl halides is 1. The summed E-state index contributed by atoms with van der Waals surface area (Å²) in [6.45, 7) is 2.54. The van der Waals surface area contributed by atoms with Crippen LogP contribution in [0, 0.1) is 18.8 Å². The molecule has 0 spiro atoms. The quantitative estimate of drug-likeness (QED) is 0.852. The van der Waals surface area contributed by atoms with Crippen molar-refractivity contribution in [2.24, 2.45) is 11.8 Å². The summed E-state index contributed by atoms with van der Waals surface area (Å²) in [5.74, 6) is 2.78. The zero-order valence-electron chi connectivity index (χ0n) is 10.7. The van der Waals surface area contributed by atoms with Gasteiger partial charge in [0.25, 0.3) is 5.91 Å². The molecule has 1 saturated carbocycles. The Kier molecular flexibility index (Phi) is 4.70. The van der Waals surface area contributed by atoms with Crippen molar-refractivity contribution in [2.75, 3.05) is 12.4 Å². The Morgan fingerprint density at radius 3 is 2.72 bits per heavy atom. The van der Waals surface area contributed by atoms with Gasteiger partial charge in [-0.25, -0.2) is 0 Å². The minimum absolute atomic E-state index is 0.123. The summed E-state index contributed by atoms with van der Waals surface area (Å²) >= 11 is 5.98. The smallest absolute Gasteiger partial charge is 0.287 e. The lowest BCUT2D eigenvalue weighted by atomic mass is 9.80. The molecule has 1 amide bonds. The largest absolute Gasteiger partial charge is 0.456 e. The molecule has 1 aromatic rings. The Morgan fingerprint density at radius 2 is 2.11 bits per heavy atom. The van der Waals surface area contributed by atoms with E-state index in [1.54, 1.807) is 12.1 Å². The van der Waals surface area contributed by atoms with Gasteiger partial charge in [0.1, 0.15) is 5.76 Å². The fraction of sp³-hybridized carbons (Fsp3) is 0.643. The van der Waals surface area contributed by atoms with Crippen molar-refractivity contribution < 1.29 is 9.21 Å². The maximum atomic E-state index is 11.9. The van der Waals surface area contributed by atoms with Gasteiger partial charge in [0, 0.05) is 12.4 Å². The molecule has 0 saturated heterocycles. The van der Waals surface area contributed by atoms with E-state index in [0.717, 1.165) is 12.2 Å². The van der Waals surface area contributed by atoms with Crippen LogP contribution in [0.25, 0.3) is 0 Å². The highest BCUT2D eigenvalue weighted by Crippen LogP contribution is 2.30. The van der Waals surface area contributed by atoms with Crippen molar-refractivity contribution >= 4 is 17.5 Å². The van der Waals surface area contributed by atoms with Crippen LogP contribution >= 0.6 is 11.6 Å². The molecule has 1 N–H and O–H groups in total. The molecular weight excluding hydrogens is 250 g/mol. The molecule has 1 heterocycles. The van der Waals surface area contributed by atoms with E-state index in [1.807, 2.05) is 6.92 Å². The molecule has 1 aliphatic carbocycles. The molecule has 4 heteroatoms. The van der Waals surface area contributed by atoms with E-state index in [-0.39, 0.29) is 5.91 Å². The van der Waals surface area contributed by atoms with Crippen LogP contribution < -0.4 is 5.32 Å². The first-order valence-electron chi connectivity index (χ1n) is 6.61. The minimum Gasteiger partial charge on any atom is -0.456 e. The zero-order chi connectivity index (χ0) is 13.0. The molecule has 2 unspecified atom stereocenters. The summed E-state index contributed by atoms with van der Waals surface area (Å²) in [5, 5.41) is 2.95. The van der Waals surface area contributed by atoms with Crippen molar-refractivity contribution in [3.63, 3.8) is 0 Å². The van der Waals surface area contributed by atoms with E-state index in [1.165, 1.54) is 19.3 Å². The van der Waals surface area contributed by atoms with E-state index in [4.69, 9.17) is 16.0 Å². The highest BCUT2D eigenvalue weighted by molar-refractivity contribution is 6.18. The second-order valence-corrected chi connectivity index (χ2v) is 5.39. The number of carbonyl (C=O) groups is 1. The first-order valence-corrected chi connectivity index (χ1v) is 7.14. The summed E-state index contributed by atoms with van der Waals surface area (Å²) in [6, 6.07) is 3.52. The molecule has 1 aromatic heterocycles. The van der Waals surface area contributed by atoms with Crippen molar-refractivity contribution in [2.45, 2.75) is 32.6 Å². The number of nitrogens with one attached hydrogen (secondary N) is 1. The van der Waals surface area contributed by atoms with Crippen LogP contribution in [-0.4, -0.2) is 18.3 Å². The molecule has 0 radical (unpaired) electrons. The molecule has 18 heavy (non-hydrogen) atoms. The molecule has 0 bridgehead atoms. The van der Waals surface area contributed by atoms with Crippen LogP contribution in [0.15, 0.2) is 16.5 Å². The van der Waals surface area contributed by atoms with Crippen LogP contribution in [0.3, 0.4) is 0 Å². The highest BCUT2D eigenvalue weighted by Gasteiger charge is 2.25. The first-order chi connectivity index (χ1) is 8.70. The lowest BCUT2D eigenvalue weighted by Crippen LogP contribution is -2.34.